The van der Waals surface area contributed by atoms with Crippen LogP contribution in [0.3, 0.4) is 0 Å². The first-order valence-corrected chi connectivity index (χ1v) is 11.3. The van der Waals surface area contributed by atoms with E-state index in [1.807, 2.05) is 59.5 Å². The number of nitrogens with zero attached hydrogens (tertiary/aromatic N) is 3. The second-order valence-corrected chi connectivity index (χ2v) is 8.78. The third-order valence-corrected chi connectivity index (χ3v) is 6.31. The molecule has 2 atom stereocenters. The van der Waals surface area contributed by atoms with Crippen molar-refractivity contribution in [1.29, 1.82) is 0 Å². The van der Waals surface area contributed by atoms with E-state index in [1.165, 1.54) is 12.1 Å². The quantitative estimate of drug-likeness (QED) is 0.191. The number of aromatic nitrogens is 1. The van der Waals surface area contributed by atoms with Crippen LogP contribution in [0.4, 0.5) is 11.4 Å². The number of hydrogen-bond acceptors (Lipinski definition) is 5. The van der Waals surface area contributed by atoms with Crippen LogP contribution in [0.2, 0.25) is 0 Å². The highest BCUT2D eigenvalue weighted by Crippen LogP contribution is 2.43. The molecule has 0 radical (unpaired) electrons. The molecule has 1 aliphatic heterocycles. The van der Waals surface area contributed by atoms with Gasteiger partial charge in [0.15, 0.2) is 5.11 Å². The van der Waals surface area contributed by atoms with Crippen molar-refractivity contribution < 1.29 is 9.34 Å². The van der Waals surface area contributed by atoms with Gasteiger partial charge >= 0.3 is 0 Å². The smallest absolute Gasteiger partial charge is 0.270 e. The van der Waals surface area contributed by atoms with E-state index in [1.54, 1.807) is 18.3 Å². The Morgan fingerprint density at radius 3 is 2.61 bits per heavy atom. The number of anilines is 1. The number of pyridine rings is 1. The number of nitro groups is 1. The van der Waals surface area contributed by atoms with Crippen LogP contribution in [0.5, 0.6) is 0 Å². The fourth-order valence-corrected chi connectivity index (χ4v) is 4.57. The number of thiocarbonyl (C=S) groups is 1. The highest BCUT2D eigenvalue weighted by molar-refractivity contribution is 9.10. The van der Waals surface area contributed by atoms with Crippen LogP contribution in [0.15, 0.2) is 93.9 Å². The fraction of sp³-hybridized carbons (Fsp3) is 0.0833. The van der Waals surface area contributed by atoms with Crippen molar-refractivity contribution >= 4 is 44.6 Å². The Kier molecular flexibility index (Phi) is 5.65. The van der Waals surface area contributed by atoms with Gasteiger partial charge in [0, 0.05) is 34.1 Å². The average Bonchev–Trinajstić information content (AvgIpc) is 3.45. The lowest BCUT2D eigenvalue weighted by molar-refractivity contribution is -0.384. The van der Waals surface area contributed by atoms with E-state index in [9.17, 15) is 10.1 Å². The molecule has 1 fully saturated rings. The zero-order valence-corrected chi connectivity index (χ0v) is 19.5. The lowest BCUT2D eigenvalue weighted by Crippen LogP contribution is -2.29. The number of nitro benzene ring substituents is 1. The Morgan fingerprint density at radius 2 is 1.88 bits per heavy atom. The molecule has 0 bridgehead atoms. The van der Waals surface area contributed by atoms with Crippen LogP contribution < -0.4 is 10.2 Å². The molecule has 0 spiro atoms. The van der Waals surface area contributed by atoms with Crippen LogP contribution in [0.1, 0.15) is 23.5 Å². The van der Waals surface area contributed by atoms with Gasteiger partial charge in [-0.05, 0) is 60.7 Å². The summed E-state index contributed by atoms with van der Waals surface area (Å²) in [5.41, 5.74) is 2.38. The van der Waals surface area contributed by atoms with Crippen LogP contribution in [0, 0.1) is 10.1 Å². The molecule has 1 saturated heterocycles. The maximum atomic E-state index is 11.2. The summed E-state index contributed by atoms with van der Waals surface area (Å²) in [6.45, 7) is 0. The Morgan fingerprint density at radius 1 is 1.06 bits per heavy atom. The molecule has 1 N–H and O–H groups in total. The number of hydrogen-bond donors (Lipinski definition) is 1. The normalized spacial score (nSPS) is 17.7. The van der Waals surface area contributed by atoms with Crippen molar-refractivity contribution in [2.75, 3.05) is 4.90 Å². The predicted octanol–water partition coefficient (Wildman–Crippen LogP) is 6.19. The predicted molar refractivity (Wildman–Crippen MR) is 133 cm³/mol. The van der Waals surface area contributed by atoms with Gasteiger partial charge in [-0.25, -0.2) is 0 Å². The lowest BCUT2D eigenvalue weighted by atomic mass is 10.0. The average molecular weight is 521 g/mol. The third-order valence-electron chi connectivity index (χ3n) is 5.46. The first kappa shape index (κ1) is 21.3. The van der Waals surface area contributed by atoms with Crippen molar-refractivity contribution in [2.45, 2.75) is 12.1 Å². The van der Waals surface area contributed by atoms with Gasteiger partial charge in [-0.15, -0.1) is 0 Å². The summed E-state index contributed by atoms with van der Waals surface area (Å²) in [7, 11) is 0. The number of benzene rings is 2. The highest BCUT2D eigenvalue weighted by Gasteiger charge is 2.42. The molecule has 5 rings (SSSR count). The molecule has 3 heterocycles. The molecule has 0 aliphatic carbocycles. The van der Waals surface area contributed by atoms with Gasteiger partial charge in [0.1, 0.15) is 17.6 Å². The van der Waals surface area contributed by atoms with Crippen LogP contribution in [-0.2, 0) is 0 Å². The molecule has 2 aromatic carbocycles. The maximum Gasteiger partial charge on any atom is 0.270 e. The second-order valence-electron chi connectivity index (χ2n) is 7.48. The number of non-ortho nitro benzene ring substituents is 1. The molecule has 0 unspecified atom stereocenters. The Labute approximate surface area is 203 Å². The van der Waals surface area contributed by atoms with Crippen molar-refractivity contribution in [3.63, 3.8) is 0 Å². The van der Waals surface area contributed by atoms with E-state index >= 15 is 0 Å². The molecule has 164 valence electrons. The molecule has 0 saturated carbocycles. The van der Waals surface area contributed by atoms with Gasteiger partial charge in [0.2, 0.25) is 0 Å². The standard InChI is InChI=1S/C24H17BrN4O3S/c25-16-7-9-17(10-8-16)28-23(22(27-24(28)33)19-6-1-2-13-26-19)21-12-11-20(32-21)15-4-3-5-18(14-15)29(30)31/h1-14,22-23H,(H,27,33)/t22-,23+/m1/s1. The summed E-state index contributed by atoms with van der Waals surface area (Å²) in [6, 6.07) is 23.2. The van der Waals surface area contributed by atoms with Gasteiger partial charge in [-0.3, -0.25) is 15.1 Å². The largest absolute Gasteiger partial charge is 0.459 e. The molecule has 4 aromatic rings. The minimum Gasteiger partial charge on any atom is -0.459 e. The minimum absolute atomic E-state index is 0.0111. The fourth-order valence-electron chi connectivity index (χ4n) is 3.96. The first-order valence-electron chi connectivity index (χ1n) is 10.1. The van der Waals surface area contributed by atoms with E-state index in [2.05, 4.69) is 26.2 Å². The SMILES string of the molecule is O=[N+]([O-])c1cccc(-c2ccc([C@H]3[C@@H](c4ccccn4)NC(=S)N3c3ccc(Br)cc3)o2)c1. The molecular formula is C24H17BrN4O3S. The number of halogens is 1. The van der Waals surface area contributed by atoms with E-state index < -0.39 is 4.92 Å². The Balaban J connectivity index is 1.58. The summed E-state index contributed by atoms with van der Waals surface area (Å²) >= 11 is 9.19. The number of furan rings is 1. The molecular weight excluding hydrogens is 504 g/mol. The number of nitrogens with one attached hydrogen (secondary N) is 1. The van der Waals surface area contributed by atoms with Gasteiger partial charge < -0.3 is 14.6 Å². The van der Waals surface area contributed by atoms with Crippen molar-refractivity contribution in [2.24, 2.45) is 0 Å². The van der Waals surface area contributed by atoms with Gasteiger partial charge in [0.05, 0.1) is 16.7 Å². The molecule has 7 nitrogen and oxygen atoms in total. The van der Waals surface area contributed by atoms with Gasteiger partial charge in [0.25, 0.3) is 5.69 Å². The third kappa shape index (κ3) is 4.12. The summed E-state index contributed by atoms with van der Waals surface area (Å²) in [5.74, 6) is 1.21. The molecule has 33 heavy (non-hydrogen) atoms. The zero-order chi connectivity index (χ0) is 22.9. The van der Waals surface area contributed by atoms with Crippen molar-refractivity contribution in [3.05, 3.63) is 111 Å². The highest BCUT2D eigenvalue weighted by atomic mass is 79.9. The van der Waals surface area contributed by atoms with Crippen molar-refractivity contribution in [3.8, 4) is 11.3 Å². The van der Waals surface area contributed by atoms with Crippen LogP contribution in [0.25, 0.3) is 11.3 Å². The van der Waals surface area contributed by atoms with E-state index in [0.717, 1.165) is 15.9 Å². The van der Waals surface area contributed by atoms with Crippen LogP contribution >= 0.6 is 28.1 Å². The number of rotatable bonds is 5. The van der Waals surface area contributed by atoms with Crippen molar-refractivity contribution in [1.82, 2.24) is 10.3 Å². The maximum absolute atomic E-state index is 11.2. The minimum atomic E-state index is -0.418. The second kappa shape index (κ2) is 8.76. The lowest BCUT2D eigenvalue weighted by Gasteiger charge is -2.26. The summed E-state index contributed by atoms with van der Waals surface area (Å²) in [4.78, 5) is 17.3. The Bertz CT molecular complexity index is 1330. The summed E-state index contributed by atoms with van der Waals surface area (Å²) in [5, 5.41) is 15.1. The summed E-state index contributed by atoms with van der Waals surface area (Å²) < 4.78 is 7.23. The van der Waals surface area contributed by atoms with Gasteiger partial charge in [-0.2, -0.15) is 0 Å². The Hall–Kier alpha value is -3.56. The molecule has 1 aliphatic rings. The molecule has 9 heteroatoms. The van der Waals surface area contributed by atoms with E-state index in [4.69, 9.17) is 16.6 Å². The first-order chi connectivity index (χ1) is 16.0. The molecule has 2 aromatic heterocycles. The van der Waals surface area contributed by atoms with Gasteiger partial charge in [-0.1, -0.05) is 34.1 Å². The van der Waals surface area contributed by atoms with Crippen LogP contribution in [-0.4, -0.2) is 15.0 Å². The van der Waals surface area contributed by atoms with E-state index in [0.29, 0.717) is 22.2 Å². The zero-order valence-electron chi connectivity index (χ0n) is 17.1. The monoisotopic (exact) mass is 520 g/mol. The molecule has 0 amide bonds. The van der Waals surface area contributed by atoms with E-state index in [-0.39, 0.29) is 17.8 Å². The topological polar surface area (TPSA) is 84.4 Å². The summed E-state index contributed by atoms with van der Waals surface area (Å²) in [6.07, 6.45) is 1.75.